The van der Waals surface area contributed by atoms with E-state index in [1.165, 1.54) is 12.1 Å². The van der Waals surface area contributed by atoms with Crippen molar-refractivity contribution in [2.24, 2.45) is 5.73 Å². The van der Waals surface area contributed by atoms with Crippen LogP contribution in [0, 0.1) is 0 Å². The fourth-order valence-corrected chi connectivity index (χ4v) is 2.85. The van der Waals surface area contributed by atoms with E-state index in [9.17, 15) is 13.2 Å². The first-order chi connectivity index (χ1) is 11.3. The van der Waals surface area contributed by atoms with E-state index in [4.69, 9.17) is 10.5 Å². The number of carbonyl (C=O) groups excluding carboxylic acids is 1. The predicted molar refractivity (Wildman–Crippen MR) is 93.6 cm³/mol. The molecule has 0 aliphatic carbocycles. The first-order valence-electron chi connectivity index (χ1n) is 7.37. The molecule has 0 aliphatic rings. The van der Waals surface area contributed by atoms with Gasteiger partial charge in [0.05, 0.1) is 22.8 Å². The topological polar surface area (TPSA) is 86.5 Å². The largest absolute Gasteiger partial charge is 0.462 e. The summed E-state index contributed by atoms with van der Waals surface area (Å²) in [5.41, 5.74) is 7.87. The predicted octanol–water partition coefficient (Wildman–Crippen LogP) is 2.48. The van der Waals surface area contributed by atoms with Crippen LogP contribution < -0.4 is 5.73 Å². The maximum absolute atomic E-state index is 12.3. The van der Waals surface area contributed by atoms with Gasteiger partial charge in [0.15, 0.2) is 9.84 Å². The molecule has 0 fully saturated rings. The van der Waals surface area contributed by atoms with Crippen molar-refractivity contribution in [3.8, 4) is 0 Å². The zero-order chi connectivity index (χ0) is 17.7. The van der Waals surface area contributed by atoms with Crippen molar-refractivity contribution < 1.29 is 17.9 Å². The van der Waals surface area contributed by atoms with Crippen molar-refractivity contribution in [1.82, 2.24) is 0 Å². The lowest BCUT2D eigenvalue weighted by atomic mass is 10.00. The van der Waals surface area contributed by atoms with Gasteiger partial charge in [0.25, 0.3) is 0 Å². The van der Waals surface area contributed by atoms with Gasteiger partial charge in [0, 0.05) is 6.26 Å². The van der Waals surface area contributed by atoms with E-state index in [1.807, 2.05) is 6.07 Å². The quantitative estimate of drug-likeness (QED) is 0.511. The van der Waals surface area contributed by atoms with Crippen LogP contribution >= 0.6 is 0 Å². The van der Waals surface area contributed by atoms with Crippen LogP contribution in [0.15, 0.2) is 59.5 Å². The lowest BCUT2D eigenvalue weighted by Crippen LogP contribution is -2.13. The normalized spacial score (nSPS) is 12.4. The third kappa shape index (κ3) is 4.02. The third-order valence-electron chi connectivity index (χ3n) is 3.40. The Bertz CT molecular complexity index is 854. The number of rotatable bonds is 5. The fourth-order valence-electron chi connectivity index (χ4n) is 2.22. The molecule has 2 aromatic carbocycles. The van der Waals surface area contributed by atoms with E-state index < -0.39 is 15.8 Å². The van der Waals surface area contributed by atoms with Gasteiger partial charge < -0.3 is 10.5 Å². The van der Waals surface area contributed by atoms with Crippen molar-refractivity contribution in [3.05, 3.63) is 65.7 Å². The Morgan fingerprint density at radius 3 is 2.08 bits per heavy atom. The van der Waals surface area contributed by atoms with Crippen LogP contribution in [0.3, 0.4) is 0 Å². The monoisotopic (exact) mass is 345 g/mol. The standard InChI is InChI=1S/C18H19NO4S/c1-3-23-18(20)16(13-7-5-4-6-8-13)17(19)14-9-11-15(12-10-14)24(2,21)22/h4-12H,3,19H2,1-2H3/b17-16+. The van der Waals surface area contributed by atoms with Crippen LogP contribution in [0.2, 0.25) is 0 Å². The average Bonchev–Trinajstić information content (AvgIpc) is 2.55. The average molecular weight is 345 g/mol. The molecule has 126 valence electrons. The molecule has 5 nitrogen and oxygen atoms in total. The Balaban J connectivity index is 2.55. The Labute approximate surface area is 141 Å². The Morgan fingerprint density at radius 2 is 1.58 bits per heavy atom. The minimum absolute atomic E-state index is 0.191. The first-order valence-corrected chi connectivity index (χ1v) is 9.26. The van der Waals surface area contributed by atoms with E-state index in [1.54, 1.807) is 43.3 Å². The molecule has 0 saturated heterocycles. The molecule has 0 atom stereocenters. The van der Waals surface area contributed by atoms with Crippen LogP contribution in [0.5, 0.6) is 0 Å². The van der Waals surface area contributed by atoms with Crippen molar-refractivity contribution >= 4 is 27.1 Å². The SMILES string of the molecule is CCOC(=O)/C(=C(/N)c1ccc(S(C)(=O)=O)cc1)c1ccccc1. The van der Waals surface area contributed by atoms with E-state index in [-0.39, 0.29) is 22.8 Å². The molecule has 0 heterocycles. The minimum atomic E-state index is -3.29. The lowest BCUT2D eigenvalue weighted by molar-refractivity contribution is -0.136. The summed E-state index contributed by atoms with van der Waals surface area (Å²) in [6.45, 7) is 1.95. The highest BCUT2D eigenvalue weighted by molar-refractivity contribution is 7.90. The molecule has 0 aromatic heterocycles. The Kier molecular flexibility index (Phi) is 5.41. The number of esters is 1. The fraction of sp³-hybridized carbons (Fsp3) is 0.167. The molecule has 2 rings (SSSR count). The van der Waals surface area contributed by atoms with Gasteiger partial charge in [-0.25, -0.2) is 13.2 Å². The van der Waals surface area contributed by atoms with Crippen molar-refractivity contribution in [2.75, 3.05) is 12.9 Å². The summed E-state index contributed by atoms with van der Waals surface area (Å²) >= 11 is 0. The molecule has 0 spiro atoms. The molecule has 0 bridgehead atoms. The summed E-state index contributed by atoms with van der Waals surface area (Å²) in [5, 5.41) is 0. The van der Waals surface area contributed by atoms with Crippen LogP contribution in [0.4, 0.5) is 0 Å². The van der Waals surface area contributed by atoms with Gasteiger partial charge in [0.1, 0.15) is 0 Å². The second-order valence-electron chi connectivity index (χ2n) is 5.17. The molecule has 24 heavy (non-hydrogen) atoms. The van der Waals surface area contributed by atoms with E-state index in [0.29, 0.717) is 11.1 Å². The molecule has 0 radical (unpaired) electrons. The second kappa shape index (κ2) is 7.31. The Hall–Kier alpha value is -2.60. The van der Waals surface area contributed by atoms with E-state index in [0.717, 1.165) is 6.26 Å². The zero-order valence-corrected chi connectivity index (χ0v) is 14.3. The summed E-state index contributed by atoms with van der Waals surface area (Å²) < 4.78 is 28.2. The van der Waals surface area contributed by atoms with Gasteiger partial charge in [-0.2, -0.15) is 0 Å². The highest BCUT2D eigenvalue weighted by atomic mass is 32.2. The third-order valence-corrected chi connectivity index (χ3v) is 4.53. The molecule has 0 amide bonds. The maximum atomic E-state index is 12.3. The van der Waals surface area contributed by atoms with Crippen LogP contribution in [-0.2, 0) is 19.4 Å². The lowest BCUT2D eigenvalue weighted by Gasteiger charge is -2.12. The van der Waals surface area contributed by atoms with Crippen molar-refractivity contribution in [2.45, 2.75) is 11.8 Å². The summed E-state index contributed by atoms with van der Waals surface area (Å²) in [6, 6.07) is 15.1. The molecular weight excluding hydrogens is 326 g/mol. The minimum Gasteiger partial charge on any atom is -0.462 e. The molecular formula is C18H19NO4S. The number of sulfone groups is 1. The molecule has 0 aliphatic heterocycles. The van der Waals surface area contributed by atoms with Crippen LogP contribution in [0.1, 0.15) is 18.1 Å². The van der Waals surface area contributed by atoms with Crippen LogP contribution in [0.25, 0.3) is 11.3 Å². The summed E-state index contributed by atoms with van der Waals surface area (Å²) in [7, 11) is -3.29. The highest BCUT2D eigenvalue weighted by Crippen LogP contribution is 2.25. The van der Waals surface area contributed by atoms with Gasteiger partial charge in [-0.15, -0.1) is 0 Å². The maximum Gasteiger partial charge on any atom is 0.340 e. The first kappa shape index (κ1) is 17.7. The van der Waals surface area contributed by atoms with Crippen molar-refractivity contribution in [1.29, 1.82) is 0 Å². The van der Waals surface area contributed by atoms with Crippen LogP contribution in [-0.4, -0.2) is 27.2 Å². The second-order valence-corrected chi connectivity index (χ2v) is 7.19. The van der Waals surface area contributed by atoms with Crippen molar-refractivity contribution in [3.63, 3.8) is 0 Å². The number of nitrogens with two attached hydrogens (primary N) is 1. The number of ether oxygens (including phenoxy) is 1. The number of hydrogen-bond acceptors (Lipinski definition) is 5. The number of hydrogen-bond donors (Lipinski definition) is 1. The molecule has 0 unspecified atom stereocenters. The smallest absolute Gasteiger partial charge is 0.340 e. The number of carbonyl (C=O) groups is 1. The summed E-state index contributed by atoms with van der Waals surface area (Å²) in [5.74, 6) is -0.520. The molecule has 2 N–H and O–H groups in total. The van der Waals surface area contributed by atoms with Gasteiger partial charge in [-0.1, -0.05) is 42.5 Å². The molecule has 6 heteroatoms. The summed E-state index contributed by atoms with van der Waals surface area (Å²) in [4.78, 5) is 12.5. The Morgan fingerprint density at radius 1 is 1.00 bits per heavy atom. The molecule has 0 saturated carbocycles. The zero-order valence-electron chi connectivity index (χ0n) is 13.5. The van der Waals surface area contributed by atoms with Gasteiger partial charge >= 0.3 is 5.97 Å². The number of benzene rings is 2. The van der Waals surface area contributed by atoms with Gasteiger partial charge in [-0.05, 0) is 30.2 Å². The molecule has 2 aromatic rings. The van der Waals surface area contributed by atoms with Gasteiger partial charge in [0.2, 0.25) is 0 Å². The summed E-state index contributed by atoms with van der Waals surface area (Å²) in [6.07, 6.45) is 1.13. The van der Waals surface area contributed by atoms with E-state index >= 15 is 0 Å². The van der Waals surface area contributed by atoms with E-state index in [2.05, 4.69) is 0 Å². The van der Waals surface area contributed by atoms with Gasteiger partial charge in [-0.3, -0.25) is 0 Å². The highest BCUT2D eigenvalue weighted by Gasteiger charge is 2.18.